The molecule has 670 valence electrons. The number of phosphoric ester groups is 2. The lowest BCUT2D eigenvalue weighted by Crippen LogP contribution is -2.30. The van der Waals surface area contributed by atoms with Crippen molar-refractivity contribution in [3.05, 3.63) is 170 Å². The predicted octanol–water partition coefficient (Wildman–Crippen LogP) is 28.7. The molecule has 0 amide bonds. The number of esters is 3. The summed E-state index contributed by atoms with van der Waals surface area (Å²) in [5.74, 6) is -1.60. The molecule has 5 unspecified atom stereocenters. The fraction of sp³-hybridized carbons (Fsp3) is 0.687. The molecule has 0 aromatic carbocycles. The number of allylic oxidation sites excluding steroid dienone is 28. The lowest BCUT2D eigenvalue weighted by molar-refractivity contribution is -0.161. The van der Waals surface area contributed by atoms with Crippen LogP contribution >= 0.6 is 15.6 Å². The maximum absolute atomic E-state index is 13.0. The minimum Gasteiger partial charge on any atom is -0.463 e. The standard InChI is InChI=1S/C99H168O16P2/c1-4-7-10-13-16-19-22-25-28-31-33-35-37-39-41-43-45-46-48-50-51-53-55-57-59-62-64-67-70-73-76-79-82-85-97(102)109-88-94(100)89-111-116(105,106)112-90-95(101)91-113-117(107,108)114-93-96(115-99(104)87-84-81-78-75-72-69-66-61-30-27-24-21-18-15-12-9-6-3)92-110-98(103)86-83-80-77-74-71-68-65-63-60-58-56-54-52-49-47-44-42-40-38-36-34-32-29-26-23-20-17-14-11-8-5-2/h7,9-10,12,16-21,25-30,33-36,39-42,45-46,66,69,94-96,100-101H,4-6,8,11,13-15,22-24,31-32,37-38,43-44,47-65,67-68,70-93H2,1-3H3,(H,105,106)(H,107,108)/b10-7-,12-9-,19-16-,20-17-,21-18-,28-25-,29-26-,30-27-,35-33-,36-34-,41-39-,42-40-,46-45-,69-66-. The smallest absolute Gasteiger partial charge is 0.463 e. The number of ether oxygens (including phenoxy) is 3. The molecule has 0 aliphatic rings. The van der Waals surface area contributed by atoms with E-state index in [2.05, 4.69) is 191 Å². The molecule has 16 nitrogen and oxygen atoms in total. The maximum atomic E-state index is 13.0. The van der Waals surface area contributed by atoms with Gasteiger partial charge in [0.2, 0.25) is 0 Å². The lowest BCUT2D eigenvalue weighted by atomic mass is 10.0. The van der Waals surface area contributed by atoms with Crippen molar-refractivity contribution in [1.29, 1.82) is 0 Å². The Morgan fingerprint density at radius 2 is 0.453 bits per heavy atom. The minimum atomic E-state index is -4.95. The zero-order valence-electron chi connectivity index (χ0n) is 73.8. The summed E-state index contributed by atoms with van der Waals surface area (Å²) >= 11 is 0. The van der Waals surface area contributed by atoms with Crippen molar-refractivity contribution < 1.29 is 75.8 Å². The summed E-state index contributed by atoms with van der Waals surface area (Å²) in [5, 5.41) is 20.7. The lowest BCUT2D eigenvalue weighted by Gasteiger charge is -2.21. The average molecular weight is 1680 g/mol. The zero-order chi connectivity index (χ0) is 85.1. The summed E-state index contributed by atoms with van der Waals surface area (Å²) < 4.78 is 61.4. The van der Waals surface area contributed by atoms with Crippen molar-refractivity contribution in [2.75, 3.05) is 39.6 Å². The second kappa shape index (κ2) is 90.2. The molecule has 0 aromatic rings. The van der Waals surface area contributed by atoms with Gasteiger partial charge in [0.25, 0.3) is 0 Å². The Kier molecular flexibility index (Phi) is 86.2. The number of unbranched alkanes of at least 4 members (excludes halogenated alkanes) is 36. The van der Waals surface area contributed by atoms with E-state index >= 15 is 0 Å². The van der Waals surface area contributed by atoms with Gasteiger partial charge in [-0.2, -0.15) is 0 Å². The van der Waals surface area contributed by atoms with E-state index in [1.54, 1.807) is 0 Å². The van der Waals surface area contributed by atoms with Gasteiger partial charge in [-0.3, -0.25) is 32.5 Å². The van der Waals surface area contributed by atoms with Crippen LogP contribution in [0.15, 0.2) is 170 Å². The highest BCUT2D eigenvalue weighted by Crippen LogP contribution is 2.45. The van der Waals surface area contributed by atoms with Gasteiger partial charge in [0.05, 0.1) is 26.4 Å². The molecule has 0 rings (SSSR count). The van der Waals surface area contributed by atoms with Crippen LogP contribution in [0.3, 0.4) is 0 Å². The summed E-state index contributed by atoms with van der Waals surface area (Å²) in [7, 11) is -9.82. The molecule has 0 bridgehead atoms. The summed E-state index contributed by atoms with van der Waals surface area (Å²) in [4.78, 5) is 58.9. The van der Waals surface area contributed by atoms with Crippen LogP contribution in [0.1, 0.15) is 380 Å². The summed E-state index contributed by atoms with van der Waals surface area (Å²) in [6.07, 6.45) is 117. The van der Waals surface area contributed by atoms with Crippen LogP contribution in [-0.2, 0) is 55.8 Å². The van der Waals surface area contributed by atoms with Crippen LogP contribution in [0.5, 0.6) is 0 Å². The predicted molar refractivity (Wildman–Crippen MR) is 491 cm³/mol. The van der Waals surface area contributed by atoms with Crippen LogP contribution < -0.4 is 0 Å². The van der Waals surface area contributed by atoms with E-state index < -0.39 is 91.5 Å². The van der Waals surface area contributed by atoms with Gasteiger partial charge in [-0.05, 0) is 154 Å². The minimum absolute atomic E-state index is 0.0737. The molecule has 0 saturated carbocycles. The van der Waals surface area contributed by atoms with Gasteiger partial charge < -0.3 is 34.2 Å². The number of hydrogen-bond donors (Lipinski definition) is 4. The SMILES string of the molecule is CC/C=C\C/C=C\C/C=C\C/C=C\C/C=C\C/C=C\CCCCCCCCCCCCCCCCC(=O)OCC(O)COP(=O)(O)OCC(O)COP(=O)(O)OCC(COC(=O)CCCCCCCCCCCCCCCCC/C=C\C/C=C\C/C=C\C/C=C\CCCCC)OC(=O)CCCCCC/C=C\C/C=C\C/C=C\C/C=C\CC. The normalized spacial score (nSPS) is 14.6. The molecule has 0 heterocycles. The van der Waals surface area contributed by atoms with Crippen molar-refractivity contribution in [3.63, 3.8) is 0 Å². The molecule has 0 aromatic heterocycles. The molecule has 0 radical (unpaired) electrons. The summed E-state index contributed by atoms with van der Waals surface area (Å²) in [5.41, 5.74) is 0. The molecule has 4 N–H and O–H groups in total. The molecule has 0 fully saturated rings. The Morgan fingerprint density at radius 1 is 0.248 bits per heavy atom. The second-order valence-corrected chi connectivity index (χ2v) is 33.6. The number of hydrogen-bond acceptors (Lipinski definition) is 14. The van der Waals surface area contributed by atoms with Gasteiger partial charge >= 0.3 is 33.6 Å². The van der Waals surface area contributed by atoms with Crippen LogP contribution in [0.4, 0.5) is 0 Å². The number of rotatable bonds is 87. The van der Waals surface area contributed by atoms with E-state index in [-0.39, 0.29) is 19.3 Å². The van der Waals surface area contributed by atoms with E-state index in [1.807, 2.05) is 0 Å². The molecule has 5 atom stereocenters. The fourth-order valence-corrected chi connectivity index (χ4v) is 14.0. The van der Waals surface area contributed by atoms with E-state index in [1.165, 1.54) is 167 Å². The van der Waals surface area contributed by atoms with E-state index in [9.17, 15) is 43.5 Å². The summed E-state index contributed by atoms with van der Waals surface area (Å²) in [6, 6.07) is 0. The first-order valence-electron chi connectivity index (χ1n) is 46.4. The molecule has 117 heavy (non-hydrogen) atoms. The molecular formula is C99H168O16P2. The highest BCUT2D eigenvalue weighted by molar-refractivity contribution is 7.47. The van der Waals surface area contributed by atoms with Crippen LogP contribution in [0.2, 0.25) is 0 Å². The monoisotopic (exact) mass is 1680 g/mol. The quantitative estimate of drug-likeness (QED) is 0.0146. The maximum Gasteiger partial charge on any atom is 0.472 e. The Bertz CT molecular complexity index is 2810. The van der Waals surface area contributed by atoms with Crippen LogP contribution in [0, 0.1) is 0 Å². The summed E-state index contributed by atoms with van der Waals surface area (Å²) in [6.45, 7) is 2.43. The third-order valence-electron chi connectivity index (χ3n) is 19.4. The van der Waals surface area contributed by atoms with E-state index in [0.717, 1.165) is 154 Å². The highest BCUT2D eigenvalue weighted by atomic mass is 31.2. The average Bonchev–Trinajstić information content (AvgIpc) is 0.900. The van der Waals surface area contributed by atoms with Gasteiger partial charge in [0.15, 0.2) is 6.10 Å². The van der Waals surface area contributed by atoms with Crippen molar-refractivity contribution in [1.82, 2.24) is 0 Å². The molecule has 0 spiro atoms. The molecule has 0 aliphatic carbocycles. The Labute approximate surface area is 713 Å². The van der Waals surface area contributed by atoms with Crippen molar-refractivity contribution in [2.24, 2.45) is 0 Å². The molecule has 0 aliphatic heterocycles. The Hall–Kier alpha value is -5.09. The Balaban J connectivity index is 4.51. The molecular weight excluding hydrogens is 1510 g/mol. The first kappa shape index (κ1) is 112. The van der Waals surface area contributed by atoms with Crippen LogP contribution in [0.25, 0.3) is 0 Å². The molecule has 18 heteroatoms. The third kappa shape index (κ3) is 91.5. The van der Waals surface area contributed by atoms with Gasteiger partial charge in [-0.15, -0.1) is 0 Å². The number of aliphatic hydroxyl groups excluding tert-OH is 2. The van der Waals surface area contributed by atoms with Gasteiger partial charge in [0, 0.05) is 19.3 Å². The largest absolute Gasteiger partial charge is 0.472 e. The number of aliphatic hydroxyl groups is 2. The van der Waals surface area contributed by atoms with Crippen molar-refractivity contribution >= 4 is 33.6 Å². The number of phosphoric acid groups is 2. The topological polar surface area (TPSA) is 231 Å². The first-order chi connectivity index (χ1) is 57.2. The van der Waals surface area contributed by atoms with Crippen LogP contribution in [-0.4, -0.2) is 95.9 Å². The van der Waals surface area contributed by atoms with Gasteiger partial charge in [-0.1, -0.05) is 377 Å². The highest BCUT2D eigenvalue weighted by Gasteiger charge is 2.29. The van der Waals surface area contributed by atoms with Gasteiger partial charge in [0.1, 0.15) is 25.4 Å². The first-order valence-corrected chi connectivity index (χ1v) is 49.4. The second-order valence-electron chi connectivity index (χ2n) is 30.7. The molecule has 0 saturated heterocycles. The zero-order valence-corrected chi connectivity index (χ0v) is 75.6. The van der Waals surface area contributed by atoms with E-state index in [0.29, 0.717) is 19.3 Å². The van der Waals surface area contributed by atoms with E-state index in [4.69, 9.17) is 32.3 Å². The number of carbonyl (C=O) groups is 3. The fourth-order valence-electron chi connectivity index (χ4n) is 12.4. The van der Waals surface area contributed by atoms with Crippen molar-refractivity contribution in [2.45, 2.75) is 399 Å². The number of carbonyl (C=O) groups excluding carboxylic acids is 3. The Morgan fingerprint density at radius 3 is 0.718 bits per heavy atom. The third-order valence-corrected chi connectivity index (χ3v) is 21.3. The van der Waals surface area contributed by atoms with Crippen molar-refractivity contribution in [3.8, 4) is 0 Å². The van der Waals surface area contributed by atoms with Gasteiger partial charge in [-0.25, -0.2) is 9.13 Å².